The molecular formula is C16H16N2OS. The summed E-state index contributed by atoms with van der Waals surface area (Å²) in [7, 11) is 1.85. The van der Waals surface area contributed by atoms with Gasteiger partial charge in [0.2, 0.25) is 0 Å². The van der Waals surface area contributed by atoms with Crippen LogP contribution in [0.4, 0.5) is 0 Å². The second-order valence-electron chi connectivity index (χ2n) is 4.83. The molecule has 0 spiro atoms. The maximum atomic E-state index is 12.4. The molecule has 0 aliphatic carbocycles. The molecule has 0 atom stereocenters. The Morgan fingerprint density at radius 3 is 2.85 bits per heavy atom. The van der Waals surface area contributed by atoms with Crippen LogP contribution in [0, 0.1) is 0 Å². The molecule has 0 saturated heterocycles. The van der Waals surface area contributed by atoms with Gasteiger partial charge in [-0.1, -0.05) is 24.3 Å². The Labute approximate surface area is 121 Å². The molecule has 1 amide bonds. The molecule has 0 fully saturated rings. The number of likely N-dealkylation sites (N-methyl/N-ethyl adjacent to an activating group) is 1. The number of fused-ring (bicyclic) bond motifs is 1. The summed E-state index contributed by atoms with van der Waals surface area (Å²) in [5.41, 5.74) is 1.65. The summed E-state index contributed by atoms with van der Waals surface area (Å²) in [6, 6.07) is 14.0. The Kier molecular flexibility index (Phi) is 3.56. The molecule has 3 rings (SSSR count). The van der Waals surface area contributed by atoms with E-state index in [1.807, 2.05) is 43.4 Å². The van der Waals surface area contributed by atoms with Gasteiger partial charge < -0.3 is 9.88 Å². The van der Waals surface area contributed by atoms with Gasteiger partial charge in [0.25, 0.3) is 5.91 Å². The molecule has 0 saturated carbocycles. The fraction of sp³-hybridized carbons (Fsp3) is 0.188. The van der Waals surface area contributed by atoms with Crippen molar-refractivity contribution in [2.45, 2.75) is 6.42 Å². The normalized spacial score (nSPS) is 10.8. The highest BCUT2D eigenvalue weighted by atomic mass is 32.1. The Morgan fingerprint density at radius 2 is 2.10 bits per heavy atom. The fourth-order valence-electron chi connectivity index (χ4n) is 2.23. The summed E-state index contributed by atoms with van der Waals surface area (Å²) in [5, 5.41) is 3.14. The molecule has 20 heavy (non-hydrogen) atoms. The highest BCUT2D eigenvalue weighted by molar-refractivity contribution is 7.09. The average molecular weight is 284 g/mol. The summed E-state index contributed by atoms with van der Waals surface area (Å²) in [6.45, 7) is 0.731. The fourth-order valence-corrected chi connectivity index (χ4v) is 2.93. The lowest BCUT2D eigenvalue weighted by molar-refractivity contribution is 0.0792. The van der Waals surface area contributed by atoms with Crippen molar-refractivity contribution in [1.82, 2.24) is 9.88 Å². The molecule has 102 valence electrons. The first-order chi connectivity index (χ1) is 9.74. The van der Waals surface area contributed by atoms with E-state index >= 15 is 0 Å². The molecule has 2 aromatic heterocycles. The maximum Gasteiger partial charge on any atom is 0.270 e. The summed E-state index contributed by atoms with van der Waals surface area (Å²) < 4.78 is 0. The summed E-state index contributed by atoms with van der Waals surface area (Å²) in [4.78, 5) is 18.6. The van der Waals surface area contributed by atoms with Gasteiger partial charge in [-0.2, -0.15) is 0 Å². The van der Waals surface area contributed by atoms with Crippen LogP contribution in [-0.4, -0.2) is 29.4 Å². The number of H-pyrrole nitrogens is 1. The number of hydrogen-bond donors (Lipinski definition) is 1. The monoisotopic (exact) mass is 284 g/mol. The second-order valence-corrected chi connectivity index (χ2v) is 5.86. The van der Waals surface area contributed by atoms with E-state index in [2.05, 4.69) is 16.4 Å². The number of thiophene rings is 1. The number of hydrogen-bond acceptors (Lipinski definition) is 2. The van der Waals surface area contributed by atoms with Gasteiger partial charge in [-0.05, 0) is 30.0 Å². The highest BCUT2D eigenvalue weighted by Crippen LogP contribution is 2.16. The van der Waals surface area contributed by atoms with E-state index in [1.165, 1.54) is 4.88 Å². The first-order valence-electron chi connectivity index (χ1n) is 6.59. The van der Waals surface area contributed by atoms with Crippen LogP contribution in [0.2, 0.25) is 0 Å². The zero-order valence-electron chi connectivity index (χ0n) is 11.3. The van der Waals surface area contributed by atoms with Crippen LogP contribution in [-0.2, 0) is 6.42 Å². The SMILES string of the molecule is CN(CCc1cccs1)C(=O)c1cc2ccccc2[nH]1. The largest absolute Gasteiger partial charge is 0.351 e. The average Bonchev–Trinajstić information content (AvgIpc) is 3.12. The van der Waals surface area contributed by atoms with E-state index in [1.54, 1.807) is 16.2 Å². The van der Waals surface area contributed by atoms with E-state index in [9.17, 15) is 4.79 Å². The zero-order chi connectivity index (χ0) is 13.9. The van der Waals surface area contributed by atoms with E-state index < -0.39 is 0 Å². The smallest absolute Gasteiger partial charge is 0.270 e. The molecule has 1 aromatic carbocycles. The predicted molar refractivity (Wildman–Crippen MR) is 83.3 cm³/mol. The molecule has 1 N–H and O–H groups in total. The summed E-state index contributed by atoms with van der Waals surface area (Å²) in [5.74, 6) is 0.0396. The summed E-state index contributed by atoms with van der Waals surface area (Å²) >= 11 is 1.73. The molecule has 3 nitrogen and oxygen atoms in total. The lowest BCUT2D eigenvalue weighted by Crippen LogP contribution is -2.28. The molecule has 4 heteroatoms. The Hall–Kier alpha value is -2.07. The third-order valence-electron chi connectivity index (χ3n) is 3.38. The number of aromatic amines is 1. The van der Waals surface area contributed by atoms with Crippen molar-refractivity contribution in [3.8, 4) is 0 Å². The molecule has 0 aliphatic rings. The van der Waals surface area contributed by atoms with Gasteiger partial charge in [-0.3, -0.25) is 4.79 Å². The Balaban J connectivity index is 1.71. The molecule has 2 heterocycles. The van der Waals surface area contributed by atoms with Crippen molar-refractivity contribution in [2.24, 2.45) is 0 Å². The van der Waals surface area contributed by atoms with E-state index in [0.29, 0.717) is 5.69 Å². The number of benzene rings is 1. The van der Waals surface area contributed by atoms with Crippen LogP contribution in [0.5, 0.6) is 0 Å². The van der Waals surface area contributed by atoms with Crippen molar-refractivity contribution in [3.63, 3.8) is 0 Å². The van der Waals surface area contributed by atoms with Crippen molar-refractivity contribution >= 4 is 28.1 Å². The van der Waals surface area contributed by atoms with Crippen LogP contribution < -0.4 is 0 Å². The van der Waals surface area contributed by atoms with Gasteiger partial charge in [0.05, 0.1) is 0 Å². The summed E-state index contributed by atoms with van der Waals surface area (Å²) in [6.07, 6.45) is 0.903. The standard InChI is InChI=1S/C16H16N2OS/c1-18(9-8-13-6-4-10-20-13)16(19)15-11-12-5-2-3-7-14(12)17-15/h2-7,10-11,17H,8-9H2,1H3. The Bertz CT molecular complexity index is 682. The first-order valence-corrected chi connectivity index (χ1v) is 7.47. The van der Waals surface area contributed by atoms with Gasteiger partial charge >= 0.3 is 0 Å². The van der Waals surface area contributed by atoms with E-state index in [0.717, 1.165) is 23.9 Å². The third kappa shape index (κ3) is 2.60. The van der Waals surface area contributed by atoms with Crippen LogP contribution in [0.3, 0.4) is 0 Å². The lowest BCUT2D eigenvalue weighted by Gasteiger charge is -2.15. The van der Waals surface area contributed by atoms with Crippen LogP contribution >= 0.6 is 11.3 Å². The van der Waals surface area contributed by atoms with Crippen molar-refractivity contribution in [3.05, 3.63) is 58.4 Å². The molecular weight excluding hydrogens is 268 g/mol. The van der Waals surface area contributed by atoms with Crippen LogP contribution in [0.25, 0.3) is 10.9 Å². The van der Waals surface area contributed by atoms with Crippen LogP contribution in [0.15, 0.2) is 47.8 Å². The number of aromatic nitrogens is 1. The van der Waals surface area contributed by atoms with Gasteiger partial charge in [0.1, 0.15) is 5.69 Å². The minimum Gasteiger partial charge on any atom is -0.351 e. The van der Waals surface area contributed by atoms with Gasteiger partial charge in [0.15, 0.2) is 0 Å². The quantitative estimate of drug-likeness (QED) is 0.781. The van der Waals surface area contributed by atoms with Crippen molar-refractivity contribution in [2.75, 3.05) is 13.6 Å². The number of nitrogens with zero attached hydrogens (tertiary/aromatic N) is 1. The number of carbonyl (C=O) groups excluding carboxylic acids is 1. The Morgan fingerprint density at radius 1 is 1.25 bits per heavy atom. The number of nitrogens with one attached hydrogen (secondary N) is 1. The van der Waals surface area contributed by atoms with E-state index in [-0.39, 0.29) is 5.91 Å². The second kappa shape index (κ2) is 5.51. The van der Waals surface area contributed by atoms with E-state index in [4.69, 9.17) is 0 Å². The number of amides is 1. The minimum atomic E-state index is 0.0396. The predicted octanol–water partition coefficient (Wildman–Crippen LogP) is 3.54. The van der Waals surface area contributed by atoms with Crippen LogP contribution in [0.1, 0.15) is 15.4 Å². The minimum absolute atomic E-state index is 0.0396. The number of para-hydroxylation sites is 1. The molecule has 3 aromatic rings. The number of rotatable bonds is 4. The topological polar surface area (TPSA) is 36.1 Å². The van der Waals surface area contributed by atoms with Gasteiger partial charge in [-0.25, -0.2) is 0 Å². The third-order valence-corrected chi connectivity index (χ3v) is 4.32. The zero-order valence-corrected chi connectivity index (χ0v) is 12.1. The van der Waals surface area contributed by atoms with Gasteiger partial charge in [-0.15, -0.1) is 11.3 Å². The molecule has 0 bridgehead atoms. The molecule has 0 aliphatic heterocycles. The molecule has 0 unspecified atom stereocenters. The van der Waals surface area contributed by atoms with Gasteiger partial charge in [0, 0.05) is 29.4 Å². The van der Waals surface area contributed by atoms with Crippen molar-refractivity contribution in [1.29, 1.82) is 0 Å². The highest BCUT2D eigenvalue weighted by Gasteiger charge is 2.14. The molecule has 0 radical (unpaired) electrons. The van der Waals surface area contributed by atoms with Crippen molar-refractivity contribution < 1.29 is 4.79 Å². The number of carbonyl (C=O) groups is 1. The lowest BCUT2D eigenvalue weighted by atomic mass is 10.2. The first kappa shape index (κ1) is 12.9. The maximum absolute atomic E-state index is 12.4.